The minimum atomic E-state index is 0. The van der Waals surface area contributed by atoms with Crippen LogP contribution in [0.3, 0.4) is 0 Å². The number of rotatable bonds is 8. The maximum atomic E-state index is 12.0. The summed E-state index contributed by atoms with van der Waals surface area (Å²) >= 11 is 0. The molecule has 6 nitrogen and oxygen atoms in total. The quantitative estimate of drug-likeness (QED) is 0.242. The lowest BCUT2D eigenvalue weighted by Gasteiger charge is -2.24. The second-order valence-electron chi connectivity index (χ2n) is 5.93. The normalized spacial score (nSPS) is 14.2. The SMILES string of the molecule is CCNC(=NCc1cccc(NC(=O)C2CCC2)c1)NCCOC.I. The smallest absolute Gasteiger partial charge is 0.227 e. The Bertz CT molecular complexity index is 562. The van der Waals surface area contributed by atoms with Crippen LogP contribution in [0.2, 0.25) is 0 Å². The third-order valence-corrected chi connectivity index (χ3v) is 4.03. The predicted molar refractivity (Wildman–Crippen MR) is 113 cm³/mol. The molecule has 1 amide bonds. The Morgan fingerprint density at radius 3 is 2.76 bits per heavy atom. The minimum absolute atomic E-state index is 0. The van der Waals surface area contributed by atoms with Crippen LogP contribution in [0.4, 0.5) is 5.69 Å². The molecule has 0 unspecified atom stereocenters. The molecule has 1 aliphatic rings. The van der Waals surface area contributed by atoms with Gasteiger partial charge >= 0.3 is 0 Å². The first-order valence-corrected chi connectivity index (χ1v) is 8.64. The monoisotopic (exact) mass is 460 g/mol. The van der Waals surface area contributed by atoms with Crippen molar-refractivity contribution in [2.24, 2.45) is 10.9 Å². The van der Waals surface area contributed by atoms with Crippen LogP contribution in [0.25, 0.3) is 0 Å². The molecule has 0 atom stereocenters. The second kappa shape index (κ2) is 12.1. The Morgan fingerprint density at radius 1 is 1.32 bits per heavy atom. The maximum Gasteiger partial charge on any atom is 0.227 e. The molecule has 1 aromatic carbocycles. The van der Waals surface area contributed by atoms with Gasteiger partial charge in [-0.1, -0.05) is 18.6 Å². The largest absolute Gasteiger partial charge is 0.383 e. The number of guanidine groups is 1. The Balaban J connectivity index is 0.00000312. The molecule has 1 aromatic rings. The third kappa shape index (κ3) is 7.60. The zero-order valence-corrected chi connectivity index (χ0v) is 17.3. The van der Waals surface area contributed by atoms with Crippen molar-refractivity contribution in [3.05, 3.63) is 29.8 Å². The average molecular weight is 460 g/mol. The van der Waals surface area contributed by atoms with Gasteiger partial charge in [-0.3, -0.25) is 4.79 Å². The van der Waals surface area contributed by atoms with E-state index in [9.17, 15) is 4.79 Å². The van der Waals surface area contributed by atoms with Gasteiger partial charge in [0.15, 0.2) is 5.96 Å². The van der Waals surface area contributed by atoms with Gasteiger partial charge in [0.1, 0.15) is 0 Å². The highest BCUT2D eigenvalue weighted by Gasteiger charge is 2.25. The van der Waals surface area contributed by atoms with Gasteiger partial charge in [-0.25, -0.2) is 4.99 Å². The first-order chi connectivity index (χ1) is 11.7. The van der Waals surface area contributed by atoms with E-state index in [1.165, 1.54) is 0 Å². The summed E-state index contributed by atoms with van der Waals surface area (Å²) in [6.45, 7) is 4.72. The van der Waals surface area contributed by atoms with E-state index in [0.29, 0.717) is 19.7 Å². The molecule has 0 radical (unpaired) electrons. The molecule has 3 N–H and O–H groups in total. The van der Waals surface area contributed by atoms with E-state index >= 15 is 0 Å². The van der Waals surface area contributed by atoms with Gasteiger partial charge in [-0.15, -0.1) is 24.0 Å². The molecule has 1 aliphatic carbocycles. The van der Waals surface area contributed by atoms with Gasteiger partial charge in [-0.05, 0) is 37.5 Å². The second-order valence-corrected chi connectivity index (χ2v) is 5.93. The maximum absolute atomic E-state index is 12.0. The number of carbonyl (C=O) groups is 1. The van der Waals surface area contributed by atoms with Gasteiger partial charge in [0.05, 0.1) is 13.2 Å². The number of halogens is 1. The van der Waals surface area contributed by atoms with Crippen LogP contribution in [0.15, 0.2) is 29.3 Å². The van der Waals surface area contributed by atoms with Crippen molar-refractivity contribution in [2.75, 3.05) is 32.1 Å². The summed E-state index contributed by atoms with van der Waals surface area (Å²) in [4.78, 5) is 16.6. The predicted octanol–water partition coefficient (Wildman–Crippen LogP) is 2.74. The Hall–Kier alpha value is -1.35. The summed E-state index contributed by atoms with van der Waals surface area (Å²) in [5.74, 6) is 1.09. The van der Waals surface area contributed by atoms with Crippen molar-refractivity contribution in [1.29, 1.82) is 0 Å². The van der Waals surface area contributed by atoms with Gasteiger partial charge in [-0.2, -0.15) is 0 Å². The molecular formula is C18H29IN4O2. The summed E-state index contributed by atoms with van der Waals surface area (Å²) in [6, 6.07) is 7.87. The van der Waals surface area contributed by atoms with Crippen LogP contribution < -0.4 is 16.0 Å². The summed E-state index contributed by atoms with van der Waals surface area (Å²) < 4.78 is 5.03. The number of nitrogens with one attached hydrogen (secondary N) is 3. The van der Waals surface area contributed by atoms with Crippen molar-refractivity contribution in [2.45, 2.75) is 32.7 Å². The summed E-state index contributed by atoms with van der Waals surface area (Å²) in [6.07, 6.45) is 3.18. The third-order valence-electron chi connectivity index (χ3n) is 4.03. The number of ether oxygens (including phenoxy) is 1. The lowest BCUT2D eigenvalue weighted by Crippen LogP contribution is -2.38. The van der Waals surface area contributed by atoms with Gasteiger partial charge in [0.2, 0.25) is 5.91 Å². The fourth-order valence-corrected chi connectivity index (χ4v) is 2.45. The van der Waals surface area contributed by atoms with Crippen LogP contribution in [0, 0.1) is 5.92 Å². The lowest BCUT2D eigenvalue weighted by atomic mass is 9.85. The molecule has 140 valence electrons. The van der Waals surface area contributed by atoms with Crippen LogP contribution in [0.1, 0.15) is 31.7 Å². The van der Waals surface area contributed by atoms with Crippen molar-refractivity contribution >= 4 is 41.5 Å². The van der Waals surface area contributed by atoms with Crippen LogP contribution in [0.5, 0.6) is 0 Å². The Labute approximate surface area is 167 Å². The number of hydrogen-bond donors (Lipinski definition) is 3. The summed E-state index contributed by atoms with van der Waals surface area (Å²) in [5, 5.41) is 9.42. The zero-order chi connectivity index (χ0) is 17.2. The molecule has 0 heterocycles. The van der Waals surface area contributed by atoms with E-state index in [2.05, 4.69) is 20.9 Å². The van der Waals surface area contributed by atoms with Gasteiger partial charge in [0.25, 0.3) is 0 Å². The Morgan fingerprint density at radius 2 is 2.12 bits per heavy atom. The minimum Gasteiger partial charge on any atom is -0.383 e. The topological polar surface area (TPSA) is 74.8 Å². The van der Waals surface area contributed by atoms with Crippen LogP contribution >= 0.6 is 24.0 Å². The van der Waals surface area contributed by atoms with Crippen molar-refractivity contribution in [3.8, 4) is 0 Å². The molecule has 1 fully saturated rings. The first-order valence-electron chi connectivity index (χ1n) is 8.64. The highest BCUT2D eigenvalue weighted by molar-refractivity contribution is 14.0. The zero-order valence-electron chi connectivity index (χ0n) is 15.0. The molecular weight excluding hydrogens is 431 g/mol. The fourth-order valence-electron chi connectivity index (χ4n) is 2.45. The Kier molecular flexibility index (Phi) is 10.5. The molecule has 0 aliphatic heterocycles. The molecule has 0 saturated heterocycles. The molecule has 0 spiro atoms. The molecule has 1 saturated carbocycles. The highest BCUT2D eigenvalue weighted by Crippen LogP contribution is 2.27. The summed E-state index contributed by atoms with van der Waals surface area (Å²) in [7, 11) is 1.68. The van der Waals surface area contributed by atoms with Crippen LogP contribution in [-0.2, 0) is 16.1 Å². The average Bonchev–Trinajstić information content (AvgIpc) is 2.51. The van der Waals surface area contributed by atoms with E-state index in [-0.39, 0.29) is 35.8 Å². The van der Waals surface area contributed by atoms with Crippen molar-refractivity contribution in [3.63, 3.8) is 0 Å². The molecule has 7 heteroatoms. The number of amides is 1. The summed E-state index contributed by atoms with van der Waals surface area (Å²) in [5.41, 5.74) is 1.90. The van der Waals surface area contributed by atoms with E-state index in [0.717, 1.165) is 43.0 Å². The van der Waals surface area contributed by atoms with E-state index in [4.69, 9.17) is 4.74 Å². The van der Waals surface area contributed by atoms with Crippen molar-refractivity contribution < 1.29 is 9.53 Å². The van der Waals surface area contributed by atoms with Gasteiger partial charge in [0, 0.05) is 31.8 Å². The standard InChI is InChI=1S/C18H28N4O2.HI/c1-3-19-18(20-10-11-24-2)21-13-14-6-4-9-16(12-14)22-17(23)15-7-5-8-15;/h4,6,9,12,15H,3,5,7-8,10-11,13H2,1-2H3,(H,22,23)(H2,19,20,21);1H. The number of nitrogens with zero attached hydrogens (tertiary/aromatic N) is 1. The first kappa shape index (κ1) is 21.7. The van der Waals surface area contributed by atoms with E-state index in [1.807, 2.05) is 31.2 Å². The number of aliphatic imine (C=N–C) groups is 1. The molecule has 25 heavy (non-hydrogen) atoms. The van der Waals surface area contributed by atoms with Crippen LogP contribution in [-0.4, -0.2) is 38.7 Å². The van der Waals surface area contributed by atoms with E-state index in [1.54, 1.807) is 7.11 Å². The number of anilines is 1. The number of benzene rings is 1. The number of methoxy groups -OCH3 is 1. The fraction of sp³-hybridized carbons (Fsp3) is 0.556. The van der Waals surface area contributed by atoms with Gasteiger partial charge < -0.3 is 20.7 Å². The van der Waals surface area contributed by atoms with Crippen molar-refractivity contribution in [1.82, 2.24) is 10.6 Å². The molecule has 2 rings (SSSR count). The number of carbonyl (C=O) groups excluding carboxylic acids is 1. The molecule has 0 aromatic heterocycles. The lowest BCUT2D eigenvalue weighted by molar-refractivity contribution is -0.122. The molecule has 0 bridgehead atoms. The highest BCUT2D eigenvalue weighted by atomic mass is 127. The number of hydrogen-bond acceptors (Lipinski definition) is 3. The van der Waals surface area contributed by atoms with E-state index < -0.39 is 0 Å².